The Morgan fingerprint density at radius 2 is 1.77 bits per heavy atom. The van der Waals surface area contributed by atoms with Crippen molar-refractivity contribution in [3.05, 3.63) is 60.2 Å². The number of hydrogen-bond acceptors (Lipinski definition) is 4. The Hall–Kier alpha value is -2.86. The van der Waals surface area contributed by atoms with Crippen molar-refractivity contribution in [1.82, 2.24) is 4.90 Å². The first kappa shape index (κ1) is 20.4. The van der Waals surface area contributed by atoms with E-state index in [1.54, 1.807) is 4.90 Å². The Labute approximate surface area is 177 Å². The molecule has 2 atom stereocenters. The number of carbonyl (C=O) groups excluding carboxylic acids is 2. The summed E-state index contributed by atoms with van der Waals surface area (Å²) in [6.45, 7) is 5.77. The quantitative estimate of drug-likeness (QED) is 0.766. The van der Waals surface area contributed by atoms with Gasteiger partial charge in [-0.05, 0) is 49.1 Å². The zero-order valence-corrected chi connectivity index (χ0v) is 17.4. The van der Waals surface area contributed by atoms with Crippen molar-refractivity contribution in [3.63, 3.8) is 0 Å². The Morgan fingerprint density at radius 3 is 2.43 bits per heavy atom. The molecule has 1 aliphatic carbocycles. The molecular formula is C24H29N3O3. The van der Waals surface area contributed by atoms with Gasteiger partial charge in [0.1, 0.15) is 0 Å². The molecule has 2 aromatic carbocycles. The Balaban J connectivity index is 1.29. The molecule has 2 aliphatic rings. The van der Waals surface area contributed by atoms with Crippen LogP contribution in [0.1, 0.15) is 24.8 Å². The van der Waals surface area contributed by atoms with Crippen molar-refractivity contribution in [2.24, 2.45) is 5.92 Å². The molecule has 6 heteroatoms. The van der Waals surface area contributed by atoms with Gasteiger partial charge in [0.05, 0.1) is 19.8 Å². The van der Waals surface area contributed by atoms with Crippen LogP contribution in [-0.4, -0.2) is 56.1 Å². The van der Waals surface area contributed by atoms with E-state index in [9.17, 15) is 9.59 Å². The van der Waals surface area contributed by atoms with Crippen molar-refractivity contribution < 1.29 is 14.3 Å². The highest BCUT2D eigenvalue weighted by atomic mass is 16.5. The molecule has 2 unspecified atom stereocenters. The zero-order chi connectivity index (χ0) is 20.9. The summed E-state index contributed by atoms with van der Waals surface area (Å²) in [4.78, 5) is 29.3. The highest BCUT2D eigenvalue weighted by molar-refractivity contribution is 5.95. The van der Waals surface area contributed by atoms with Gasteiger partial charge in [0.25, 0.3) is 0 Å². The van der Waals surface area contributed by atoms with Crippen molar-refractivity contribution in [1.29, 1.82) is 0 Å². The molecule has 0 bridgehead atoms. The minimum absolute atomic E-state index is 0.00652. The lowest BCUT2D eigenvalue weighted by atomic mass is 10.1. The van der Waals surface area contributed by atoms with Crippen molar-refractivity contribution in [2.75, 3.05) is 49.6 Å². The minimum Gasteiger partial charge on any atom is -0.378 e. The van der Waals surface area contributed by atoms with Crippen LogP contribution in [0.4, 0.5) is 11.4 Å². The van der Waals surface area contributed by atoms with E-state index in [-0.39, 0.29) is 30.2 Å². The van der Waals surface area contributed by atoms with E-state index < -0.39 is 0 Å². The lowest BCUT2D eigenvalue weighted by molar-refractivity contribution is -0.135. The van der Waals surface area contributed by atoms with E-state index in [2.05, 4.69) is 22.3 Å². The first-order valence-electron chi connectivity index (χ1n) is 10.7. The molecule has 2 fully saturated rings. The van der Waals surface area contributed by atoms with E-state index >= 15 is 0 Å². The average Bonchev–Trinajstić information content (AvgIpc) is 3.60. The molecule has 6 nitrogen and oxygen atoms in total. The number of nitrogens with zero attached hydrogens (tertiary/aromatic N) is 2. The van der Waals surface area contributed by atoms with Crippen molar-refractivity contribution in [3.8, 4) is 0 Å². The van der Waals surface area contributed by atoms with E-state index in [1.807, 2.05) is 49.4 Å². The van der Waals surface area contributed by atoms with E-state index in [4.69, 9.17) is 4.74 Å². The van der Waals surface area contributed by atoms with Gasteiger partial charge in [-0.15, -0.1) is 0 Å². The normalized spacial score (nSPS) is 20.5. The monoisotopic (exact) mass is 407 g/mol. The summed E-state index contributed by atoms with van der Waals surface area (Å²) in [6, 6.07) is 18.0. The third-order valence-electron chi connectivity index (χ3n) is 5.89. The maximum absolute atomic E-state index is 12.9. The summed E-state index contributed by atoms with van der Waals surface area (Å²) >= 11 is 0. The Kier molecular flexibility index (Phi) is 6.33. The summed E-state index contributed by atoms with van der Waals surface area (Å²) in [5.74, 6) is 0.182. The fraction of sp³-hybridized carbons (Fsp3) is 0.417. The van der Waals surface area contributed by atoms with Gasteiger partial charge < -0.3 is 19.9 Å². The predicted octanol–water partition coefficient (Wildman–Crippen LogP) is 3.11. The molecule has 1 N–H and O–H groups in total. The fourth-order valence-electron chi connectivity index (χ4n) is 4.07. The SMILES string of the molecule is CCN(CC(=O)Nc1ccc(N2CCOCC2)cc1)C(=O)C1CC1c1ccccc1. The summed E-state index contributed by atoms with van der Waals surface area (Å²) in [5.41, 5.74) is 3.08. The second-order valence-corrected chi connectivity index (χ2v) is 7.91. The van der Waals surface area contributed by atoms with Crippen LogP contribution < -0.4 is 10.2 Å². The number of morpholine rings is 1. The maximum atomic E-state index is 12.9. The number of nitrogens with one attached hydrogen (secondary N) is 1. The molecular weight excluding hydrogens is 378 g/mol. The smallest absolute Gasteiger partial charge is 0.243 e. The topological polar surface area (TPSA) is 61.9 Å². The molecule has 2 amide bonds. The summed E-state index contributed by atoms with van der Waals surface area (Å²) in [6.07, 6.45) is 0.865. The molecule has 0 radical (unpaired) electrons. The third-order valence-corrected chi connectivity index (χ3v) is 5.89. The largest absolute Gasteiger partial charge is 0.378 e. The minimum atomic E-state index is -0.166. The van der Waals surface area contributed by atoms with E-state index in [0.29, 0.717) is 6.54 Å². The van der Waals surface area contributed by atoms with Crippen LogP contribution in [-0.2, 0) is 14.3 Å². The fourth-order valence-corrected chi connectivity index (χ4v) is 4.07. The molecule has 2 aromatic rings. The molecule has 1 heterocycles. The lowest BCUT2D eigenvalue weighted by Crippen LogP contribution is -2.39. The molecule has 0 aromatic heterocycles. The molecule has 158 valence electrons. The van der Waals surface area contributed by atoms with Gasteiger partial charge in [-0.2, -0.15) is 0 Å². The number of benzene rings is 2. The molecule has 30 heavy (non-hydrogen) atoms. The van der Waals surface area contributed by atoms with Crippen LogP contribution in [0.3, 0.4) is 0 Å². The second-order valence-electron chi connectivity index (χ2n) is 7.91. The van der Waals surface area contributed by atoms with Crippen molar-refractivity contribution in [2.45, 2.75) is 19.3 Å². The first-order valence-corrected chi connectivity index (χ1v) is 10.7. The first-order chi connectivity index (χ1) is 14.7. The van der Waals surface area contributed by atoms with Crippen LogP contribution in [0.5, 0.6) is 0 Å². The van der Waals surface area contributed by atoms with Gasteiger partial charge in [-0.1, -0.05) is 30.3 Å². The van der Waals surface area contributed by atoms with Crippen LogP contribution in [0.25, 0.3) is 0 Å². The summed E-state index contributed by atoms with van der Waals surface area (Å²) in [5, 5.41) is 2.92. The summed E-state index contributed by atoms with van der Waals surface area (Å²) < 4.78 is 5.39. The zero-order valence-electron chi connectivity index (χ0n) is 17.4. The number of carbonyl (C=O) groups is 2. The van der Waals surface area contributed by atoms with Gasteiger partial charge in [-0.3, -0.25) is 9.59 Å². The standard InChI is InChI=1S/C24H29N3O3/c1-2-26(24(29)22-16-21(22)18-6-4-3-5-7-18)17-23(28)25-19-8-10-20(11-9-19)27-12-14-30-15-13-27/h3-11,21-22H,2,12-17H2,1H3,(H,25,28). The molecule has 1 saturated heterocycles. The molecule has 1 saturated carbocycles. The number of anilines is 2. The van der Waals surface area contributed by atoms with Gasteiger partial charge in [0.15, 0.2) is 0 Å². The third kappa shape index (κ3) is 4.82. The van der Waals surface area contributed by atoms with Crippen LogP contribution in [0, 0.1) is 5.92 Å². The van der Waals surface area contributed by atoms with Crippen LogP contribution in [0.2, 0.25) is 0 Å². The van der Waals surface area contributed by atoms with Crippen LogP contribution in [0.15, 0.2) is 54.6 Å². The highest BCUT2D eigenvalue weighted by Crippen LogP contribution is 2.48. The number of rotatable bonds is 7. The van der Waals surface area contributed by atoms with Crippen LogP contribution >= 0.6 is 0 Å². The molecule has 4 rings (SSSR count). The van der Waals surface area contributed by atoms with Gasteiger partial charge >= 0.3 is 0 Å². The molecule has 0 spiro atoms. The number of amides is 2. The van der Waals surface area contributed by atoms with Gasteiger partial charge in [0.2, 0.25) is 11.8 Å². The van der Waals surface area contributed by atoms with Gasteiger partial charge in [-0.25, -0.2) is 0 Å². The Bertz CT molecular complexity index is 863. The van der Waals surface area contributed by atoms with Gasteiger partial charge in [0, 0.05) is 36.9 Å². The Morgan fingerprint density at radius 1 is 1.07 bits per heavy atom. The average molecular weight is 408 g/mol. The molecule has 1 aliphatic heterocycles. The summed E-state index contributed by atoms with van der Waals surface area (Å²) in [7, 11) is 0. The number of hydrogen-bond donors (Lipinski definition) is 1. The van der Waals surface area contributed by atoms with Crippen molar-refractivity contribution >= 4 is 23.2 Å². The highest BCUT2D eigenvalue weighted by Gasteiger charge is 2.45. The number of ether oxygens (including phenoxy) is 1. The predicted molar refractivity (Wildman–Crippen MR) is 118 cm³/mol. The number of likely N-dealkylation sites (N-methyl/N-ethyl adjacent to an activating group) is 1. The lowest BCUT2D eigenvalue weighted by Gasteiger charge is -2.29. The second kappa shape index (κ2) is 9.30. The maximum Gasteiger partial charge on any atom is 0.243 e. The van der Waals surface area contributed by atoms with E-state index in [1.165, 1.54) is 5.56 Å². The van der Waals surface area contributed by atoms with E-state index in [0.717, 1.165) is 44.1 Å².